The summed E-state index contributed by atoms with van der Waals surface area (Å²) in [6.45, 7) is 6.32. The van der Waals surface area contributed by atoms with Gasteiger partial charge in [0.25, 0.3) is 0 Å². The van der Waals surface area contributed by atoms with Crippen LogP contribution in [0, 0.1) is 6.92 Å². The first-order valence-electron chi connectivity index (χ1n) is 3.36. The molecule has 0 spiro atoms. The lowest BCUT2D eigenvalue weighted by atomic mass is 10.2. The fraction of sp³-hybridized carbons (Fsp3) is 0.857. The minimum atomic E-state index is 0.0575. The van der Waals surface area contributed by atoms with Crippen molar-refractivity contribution >= 4 is 0 Å². The fourth-order valence-corrected chi connectivity index (χ4v) is 0.625. The third-order valence-electron chi connectivity index (χ3n) is 1.06. The Kier molecular flexibility index (Phi) is 5.99. The molecule has 0 aromatic rings. The summed E-state index contributed by atoms with van der Waals surface area (Å²) >= 11 is 0. The van der Waals surface area contributed by atoms with Gasteiger partial charge in [-0.1, -0.05) is 13.3 Å². The van der Waals surface area contributed by atoms with Crippen LogP contribution in [-0.2, 0) is 4.74 Å². The van der Waals surface area contributed by atoms with Crippen LogP contribution in [0.2, 0.25) is 0 Å². The molecule has 1 radical (unpaired) electrons. The SMILES string of the molecule is [CH2]C(CCC)OCCO. The van der Waals surface area contributed by atoms with Gasteiger partial charge in [-0.15, -0.1) is 0 Å². The Morgan fingerprint density at radius 2 is 2.33 bits per heavy atom. The maximum absolute atomic E-state index is 8.33. The molecule has 0 rings (SSSR count). The molecular formula is C7H15O2. The van der Waals surface area contributed by atoms with Gasteiger partial charge in [0.15, 0.2) is 0 Å². The van der Waals surface area contributed by atoms with E-state index in [0.29, 0.717) is 6.61 Å². The van der Waals surface area contributed by atoms with Crippen molar-refractivity contribution in [2.24, 2.45) is 0 Å². The average molecular weight is 131 g/mol. The monoisotopic (exact) mass is 131 g/mol. The minimum absolute atomic E-state index is 0.0575. The van der Waals surface area contributed by atoms with Crippen molar-refractivity contribution in [2.45, 2.75) is 25.9 Å². The Balaban J connectivity index is 2.95. The lowest BCUT2D eigenvalue weighted by Gasteiger charge is -2.09. The molecule has 0 fully saturated rings. The van der Waals surface area contributed by atoms with Crippen LogP contribution in [0.25, 0.3) is 0 Å². The zero-order chi connectivity index (χ0) is 7.11. The normalized spacial score (nSPS) is 13.7. The first-order chi connectivity index (χ1) is 4.31. The first kappa shape index (κ1) is 8.92. The summed E-state index contributed by atoms with van der Waals surface area (Å²) in [5, 5.41) is 8.33. The van der Waals surface area contributed by atoms with Crippen LogP contribution in [-0.4, -0.2) is 24.4 Å². The molecule has 1 atom stereocenters. The number of ether oxygens (including phenoxy) is 1. The number of aliphatic hydroxyl groups is 1. The molecule has 0 amide bonds. The molecule has 0 aliphatic heterocycles. The topological polar surface area (TPSA) is 29.5 Å². The van der Waals surface area contributed by atoms with Gasteiger partial charge < -0.3 is 9.84 Å². The maximum Gasteiger partial charge on any atom is 0.0701 e. The Hall–Kier alpha value is -0.0800. The van der Waals surface area contributed by atoms with Crippen LogP contribution < -0.4 is 0 Å². The second kappa shape index (κ2) is 6.05. The number of rotatable bonds is 5. The van der Waals surface area contributed by atoms with Gasteiger partial charge in [-0.2, -0.15) is 0 Å². The maximum atomic E-state index is 8.33. The number of aliphatic hydroxyl groups excluding tert-OH is 1. The third kappa shape index (κ3) is 5.80. The van der Waals surface area contributed by atoms with E-state index < -0.39 is 0 Å². The summed E-state index contributed by atoms with van der Waals surface area (Å²) < 4.78 is 5.07. The second-order valence-electron chi connectivity index (χ2n) is 2.01. The van der Waals surface area contributed by atoms with E-state index in [0.717, 1.165) is 12.8 Å². The molecule has 0 aliphatic carbocycles. The van der Waals surface area contributed by atoms with Crippen LogP contribution >= 0.6 is 0 Å². The predicted octanol–water partition coefficient (Wildman–Crippen LogP) is 0.998. The lowest BCUT2D eigenvalue weighted by molar-refractivity contribution is 0.0484. The molecule has 0 aliphatic rings. The Bertz CT molecular complexity index is 54.9. The predicted molar refractivity (Wildman–Crippen MR) is 37.1 cm³/mol. The number of hydrogen-bond donors (Lipinski definition) is 1. The van der Waals surface area contributed by atoms with Crippen LogP contribution in [0.1, 0.15) is 19.8 Å². The van der Waals surface area contributed by atoms with Crippen LogP contribution in [0.3, 0.4) is 0 Å². The first-order valence-corrected chi connectivity index (χ1v) is 3.36. The highest BCUT2D eigenvalue weighted by Gasteiger charge is 1.97. The van der Waals surface area contributed by atoms with Crippen molar-refractivity contribution in [3.05, 3.63) is 6.92 Å². The molecule has 0 aromatic carbocycles. The third-order valence-corrected chi connectivity index (χ3v) is 1.06. The van der Waals surface area contributed by atoms with E-state index in [2.05, 4.69) is 13.8 Å². The highest BCUT2D eigenvalue weighted by molar-refractivity contribution is 4.57. The van der Waals surface area contributed by atoms with Gasteiger partial charge in [0.05, 0.1) is 19.3 Å². The van der Waals surface area contributed by atoms with Crippen molar-refractivity contribution in [1.29, 1.82) is 0 Å². The lowest BCUT2D eigenvalue weighted by Crippen LogP contribution is -2.10. The summed E-state index contributed by atoms with van der Waals surface area (Å²) in [5.74, 6) is 0. The van der Waals surface area contributed by atoms with Gasteiger partial charge in [-0.3, -0.25) is 0 Å². The molecule has 0 bridgehead atoms. The zero-order valence-corrected chi connectivity index (χ0v) is 5.97. The van der Waals surface area contributed by atoms with E-state index >= 15 is 0 Å². The van der Waals surface area contributed by atoms with Crippen molar-refractivity contribution in [3.63, 3.8) is 0 Å². The van der Waals surface area contributed by atoms with Gasteiger partial charge in [0, 0.05) is 0 Å². The molecule has 0 heterocycles. The molecule has 2 heteroatoms. The van der Waals surface area contributed by atoms with E-state index in [-0.39, 0.29) is 12.7 Å². The van der Waals surface area contributed by atoms with Gasteiger partial charge in [0.1, 0.15) is 0 Å². The molecular weight excluding hydrogens is 116 g/mol. The van der Waals surface area contributed by atoms with Gasteiger partial charge in [-0.05, 0) is 13.3 Å². The molecule has 1 unspecified atom stereocenters. The molecule has 1 N–H and O–H groups in total. The summed E-state index contributed by atoms with van der Waals surface area (Å²) in [6.07, 6.45) is 2.11. The van der Waals surface area contributed by atoms with Crippen LogP contribution in [0.15, 0.2) is 0 Å². The Morgan fingerprint density at radius 3 is 2.78 bits per heavy atom. The average Bonchev–Trinajstić information content (AvgIpc) is 1.85. The van der Waals surface area contributed by atoms with Gasteiger partial charge in [0.2, 0.25) is 0 Å². The smallest absolute Gasteiger partial charge is 0.0701 e. The molecule has 0 saturated heterocycles. The highest BCUT2D eigenvalue weighted by Crippen LogP contribution is 1.98. The summed E-state index contributed by atoms with van der Waals surface area (Å²) in [6, 6.07) is 0. The Morgan fingerprint density at radius 1 is 1.67 bits per heavy atom. The Labute approximate surface area is 56.8 Å². The quantitative estimate of drug-likeness (QED) is 0.603. The van der Waals surface area contributed by atoms with Crippen LogP contribution in [0.5, 0.6) is 0 Å². The molecule has 0 aromatic heterocycles. The zero-order valence-electron chi connectivity index (χ0n) is 5.97. The summed E-state index contributed by atoms with van der Waals surface area (Å²) in [7, 11) is 0. The second-order valence-corrected chi connectivity index (χ2v) is 2.01. The van der Waals surface area contributed by atoms with E-state index in [9.17, 15) is 0 Å². The van der Waals surface area contributed by atoms with Gasteiger partial charge >= 0.3 is 0 Å². The van der Waals surface area contributed by atoms with E-state index in [1.54, 1.807) is 0 Å². The molecule has 0 saturated carbocycles. The van der Waals surface area contributed by atoms with E-state index in [1.165, 1.54) is 0 Å². The van der Waals surface area contributed by atoms with E-state index in [4.69, 9.17) is 9.84 Å². The van der Waals surface area contributed by atoms with Crippen molar-refractivity contribution < 1.29 is 9.84 Å². The van der Waals surface area contributed by atoms with Crippen molar-refractivity contribution in [3.8, 4) is 0 Å². The molecule has 2 nitrogen and oxygen atoms in total. The van der Waals surface area contributed by atoms with Gasteiger partial charge in [-0.25, -0.2) is 0 Å². The van der Waals surface area contributed by atoms with Crippen molar-refractivity contribution in [1.82, 2.24) is 0 Å². The molecule has 55 valence electrons. The van der Waals surface area contributed by atoms with Crippen molar-refractivity contribution in [2.75, 3.05) is 13.2 Å². The molecule has 9 heavy (non-hydrogen) atoms. The largest absolute Gasteiger partial charge is 0.394 e. The highest BCUT2D eigenvalue weighted by atomic mass is 16.5. The standard InChI is InChI=1S/C7H15O2/c1-3-4-7(2)9-6-5-8/h7-8H,2-6H2,1H3. The number of hydrogen-bond acceptors (Lipinski definition) is 2. The van der Waals surface area contributed by atoms with Crippen LogP contribution in [0.4, 0.5) is 0 Å². The fourth-order valence-electron chi connectivity index (χ4n) is 0.625. The van der Waals surface area contributed by atoms with E-state index in [1.807, 2.05) is 0 Å². The summed E-state index contributed by atoms with van der Waals surface area (Å²) in [4.78, 5) is 0. The summed E-state index contributed by atoms with van der Waals surface area (Å²) in [5.41, 5.74) is 0. The minimum Gasteiger partial charge on any atom is -0.394 e.